The van der Waals surface area contributed by atoms with E-state index < -0.39 is 0 Å². The van der Waals surface area contributed by atoms with Gasteiger partial charge in [-0.1, -0.05) is 48.5 Å². The van der Waals surface area contributed by atoms with Crippen molar-refractivity contribution in [1.82, 2.24) is 15.0 Å². The molecule has 1 saturated heterocycles. The summed E-state index contributed by atoms with van der Waals surface area (Å²) in [5, 5.41) is 13.7. The quantitative estimate of drug-likeness (QED) is 0.682. The minimum Gasteiger partial charge on any atom is -0.396 e. The van der Waals surface area contributed by atoms with E-state index >= 15 is 0 Å². The van der Waals surface area contributed by atoms with Gasteiger partial charge in [-0.25, -0.2) is 0 Å². The molecule has 2 aromatic carbocycles. The lowest BCUT2D eigenvalue weighted by Crippen LogP contribution is -2.54. The molecule has 1 aliphatic heterocycles. The molecular weight excluding hydrogens is 352 g/mol. The molecule has 1 aromatic heterocycles. The van der Waals surface area contributed by atoms with Gasteiger partial charge in [-0.15, -0.1) is 0 Å². The second-order valence-electron chi connectivity index (χ2n) is 7.15. The smallest absolute Gasteiger partial charge is 0.266 e. The van der Waals surface area contributed by atoms with E-state index in [2.05, 4.69) is 44.2 Å². The maximum absolute atomic E-state index is 9.54. The van der Waals surface area contributed by atoms with Gasteiger partial charge in [0.2, 0.25) is 0 Å². The molecule has 0 saturated carbocycles. The van der Waals surface area contributed by atoms with Gasteiger partial charge in [0.1, 0.15) is 0 Å². The summed E-state index contributed by atoms with van der Waals surface area (Å²) in [4.78, 5) is 9.22. The highest BCUT2D eigenvalue weighted by Crippen LogP contribution is 2.23. The van der Waals surface area contributed by atoms with Crippen LogP contribution in [0.15, 0.2) is 65.2 Å². The minimum absolute atomic E-state index is 0.182. The first kappa shape index (κ1) is 18.7. The van der Waals surface area contributed by atoms with Crippen molar-refractivity contribution in [2.75, 3.05) is 37.7 Å². The first-order valence-corrected chi connectivity index (χ1v) is 9.86. The van der Waals surface area contributed by atoms with E-state index in [4.69, 9.17) is 4.52 Å². The second-order valence-corrected chi connectivity index (χ2v) is 7.15. The Bertz CT molecular complexity index is 853. The van der Waals surface area contributed by atoms with Gasteiger partial charge >= 0.3 is 0 Å². The van der Waals surface area contributed by atoms with Crippen LogP contribution in [0.25, 0.3) is 11.5 Å². The van der Waals surface area contributed by atoms with Crippen molar-refractivity contribution < 1.29 is 9.63 Å². The molecule has 6 nitrogen and oxygen atoms in total. The van der Waals surface area contributed by atoms with Crippen LogP contribution in [0.3, 0.4) is 0 Å². The highest BCUT2D eigenvalue weighted by atomic mass is 16.5. The number of hydrogen-bond acceptors (Lipinski definition) is 6. The van der Waals surface area contributed by atoms with Gasteiger partial charge in [-0.05, 0) is 35.7 Å². The van der Waals surface area contributed by atoms with Crippen molar-refractivity contribution >= 4 is 5.95 Å². The second kappa shape index (κ2) is 8.99. The van der Waals surface area contributed by atoms with Gasteiger partial charge < -0.3 is 14.5 Å². The molecule has 1 N–H and O–H groups in total. The molecule has 1 atom stereocenters. The molecule has 28 heavy (non-hydrogen) atoms. The summed E-state index contributed by atoms with van der Waals surface area (Å²) in [6.07, 6.45) is 1.76. The third-order valence-electron chi connectivity index (χ3n) is 5.32. The van der Waals surface area contributed by atoms with E-state index in [0.717, 1.165) is 44.6 Å². The first-order valence-electron chi connectivity index (χ1n) is 9.86. The zero-order valence-corrected chi connectivity index (χ0v) is 15.9. The lowest BCUT2D eigenvalue weighted by Gasteiger charge is -2.41. The Morgan fingerprint density at radius 2 is 1.75 bits per heavy atom. The Kier molecular flexibility index (Phi) is 5.99. The van der Waals surface area contributed by atoms with Gasteiger partial charge in [-0.2, -0.15) is 4.98 Å². The van der Waals surface area contributed by atoms with Crippen molar-refractivity contribution in [3.05, 3.63) is 66.2 Å². The summed E-state index contributed by atoms with van der Waals surface area (Å²) in [7, 11) is 0. The van der Waals surface area contributed by atoms with Gasteiger partial charge in [0, 0.05) is 44.4 Å². The van der Waals surface area contributed by atoms with Gasteiger partial charge in [-0.3, -0.25) is 4.90 Å². The number of piperazine rings is 1. The molecule has 0 aliphatic carbocycles. The molecule has 146 valence electrons. The van der Waals surface area contributed by atoms with E-state index in [1.807, 2.05) is 36.4 Å². The Balaban J connectivity index is 1.41. The van der Waals surface area contributed by atoms with Crippen molar-refractivity contribution in [3.63, 3.8) is 0 Å². The lowest BCUT2D eigenvalue weighted by molar-refractivity contribution is 0.143. The monoisotopic (exact) mass is 378 g/mol. The number of anilines is 1. The zero-order valence-electron chi connectivity index (χ0n) is 15.9. The van der Waals surface area contributed by atoms with E-state index in [0.29, 0.717) is 11.8 Å². The SMILES string of the molecule is OCCC1CN(c2noc(-c3ccccc3)n2)CCN1CCc1ccccc1. The summed E-state index contributed by atoms with van der Waals surface area (Å²) in [6.45, 7) is 3.74. The minimum atomic E-state index is 0.182. The van der Waals surface area contributed by atoms with Crippen LogP contribution < -0.4 is 4.90 Å². The largest absolute Gasteiger partial charge is 0.396 e. The molecule has 0 radical (unpaired) electrons. The summed E-state index contributed by atoms with van der Waals surface area (Å²) < 4.78 is 5.47. The fraction of sp³-hybridized carbons (Fsp3) is 0.364. The van der Waals surface area contributed by atoms with Crippen molar-refractivity contribution in [3.8, 4) is 11.5 Å². The van der Waals surface area contributed by atoms with Crippen molar-refractivity contribution in [2.45, 2.75) is 18.9 Å². The summed E-state index contributed by atoms with van der Waals surface area (Å²) in [6, 6.07) is 20.6. The van der Waals surface area contributed by atoms with Crippen LogP contribution in [0.1, 0.15) is 12.0 Å². The number of aromatic nitrogens is 2. The van der Waals surface area contributed by atoms with Crippen LogP contribution in [-0.4, -0.2) is 59.0 Å². The molecular formula is C22H26N4O2. The zero-order chi connectivity index (χ0) is 19.2. The number of rotatable bonds is 7. The van der Waals surface area contributed by atoms with Crippen LogP contribution >= 0.6 is 0 Å². The highest BCUT2D eigenvalue weighted by molar-refractivity contribution is 5.54. The predicted molar refractivity (Wildman–Crippen MR) is 109 cm³/mol. The Morgan fingerprint density at radius 3 is 2.50 bits per heavy atom. The fourth-order valence-corrected chi connectivity index (χ4v) is 3.75. The fourth-order valence-electron chi connectivity index (χ4n) is 3.75. The number of hydrogen-bond donors (Lipinski definition) is 1. The van der Waals surface area contributed by atoms with Crippen LogP contribution in [0.4, 0.5) is 5.95 Å². The number of nitrogens with zero attached hydrogens (tertiary/aromatic N) is 4. The predicted octanol–water partition coefficient (Wildman–Crippen LogP) is 2.85. The Hall–Kier alpha value is -2.70. The molecule has 4 rings (SSSR count). The normalized spacial score (nSPS) is 17.8. The third-order valence-corrected chi connectivity index (χ3v) is 5.32. The molecule has 1 unspecified atom stereocenters. The average Bonchev–Trinajstić information content (AvgIpc) is 3.25. The molecule has 6 heteroatoms. The van der Waals surface area contributed by atoms with Crippen LogP contribution in [0, 0.1) is 0 Å². The van der Waals surface area contributed by atoms with E-state index in [1.54, 1.807) is 0 Å². The van der Waals surface area contributed by atoms with E-state index in [1.165, 1.54) is 5.56 Å². The van der Waals surface area contributed by atoms with Crippen LogP contribution in [0.5, 0.6) is 0 Å². The van der Waals surface area contributed by atoms with Crippen molar-refractivity contribution in [1.29, 1.82) is 0 Å². The molecule has 2 heterocycles. The van der Waals surface area contributed by atoms with Crippen molar-refractivity contribution in [2.24, 2.45) is 0 Å². The number of benzene rings is 2. The van der Waals surface area contributed by atoms with E-state index in [9.17, 15) is 5.11 Å². The van der Waals surface area contributed by atoms with E-state index in [-0.39, 0.29) is 12.6 Å². The van der Waals surface area contributed by atoms with Gasteiger partial charge in [0.25, 0.3) is 11.8 Å². The molecule has 0 bridgehead atoms. The molecule has 0 amide bonds. The summed E-state index contributed by atoms with van der Waals surface area (Å²) >= 11 is 0. The molecule has 3 aromatic rings. The average molecular weight is 378 g/mol. The standard InChI is InChI=1S/C22H26N4O2/c27-16-12-20-17-26(15-14-25(20)13-11-18-7-3-1-4-8-18)22-23-21(28-24-22)19-9-5-2-6-10-19/h1-10,20,27H,11-17H2. The maximum Gasteiger partial charge on any atom is 0.266 e. The lowest BCUT2D eigenvalue weighted by atomic mass is 10.1. The first-order chi connectivity index (χ1) is 13.8. The van der Waals surface area contributed by atoms with Crippen LogP contribution in [-0.2, 0) is 6.42 Å². The summed E-state index contributed by atoms with van der Waals surface area (Å²) in [5.74, 6) is 1.17. The van der Waals surface area contributed by atoms with Gasteiger partial charge in [0.05, 0.1) is 0 Å². The number of aliphatic hydroxyl groups is 1. The number of aliphatic hydroxyl groups excluding tert-OH is 1. The highest BCUT2D eigenvalue weighted by Gasteiger charge is 2.28. The third kappa shape index (κ3) is 4.40. The summed E-state index contributed by atoms with van der Waals surface area (Å²) in [5.41, 5.74) is 2.27. The van der Waals surface area contributed by atoms with Gasteiger partial charge in [0.15, 0.2) is 0 Å². The maximum atomic E-state index is 9.54. The van der Waals surface area contributed by atoms with Crippen LogP contribution in [0.2, 0.25) is 0 Å². The Morgan fingerprint density at radius 1 is 1.00 bits per heavy atom. The molecule has 0 spiro atoms. The topological polar surface area (TPSA) is 65.6 Å². The molecule has 1 fully saturated rings. The Labute approximate surface area is 165 Å². The molecule has 1 aliphatic rings.